The van der Waals surface area contributed by atoms with Crippen molar-refractivity contribution in [1.82, 2.24) is 20.1 Å². The fraction of sp³-hybridized carbons (Fsp3) is 0.182. The van der Waals surface area contributed by atoms with Crippen LogP contribution in [0.5, 0.6) is 0 Å². The molecule has 0 aliphatic carbocycles. The summed E-state index contributed by atoms with van der Waals surface area (Å²) < 4.78 is 14.9. The van der Waals surface area contributed by atoms with E-state index in [0.29, 0.717) is 22.5 Å². The fourth-order valence-corrected chi connectivity index (χ4v) is 3.49. The Morgan fingerprint density at radius 3 is 2.40 bits per heavy atom. The van der Waals surface area contributed by atoms with E-state index in [9.17, 15) is 14.0 Å². The van der Waals surface area contributed by atoms with Crippen LogP contribution in [0.2, 0.25) is 0 Å². The van der Waals surface area contributed by atoms with Gasteiger partial charge in [0.05, 0.1) is 23.3 Å². The van der Waals surface area contributed by atoms with Crippen molar-refractivity contribution in [3.63, 3.8) is 0 Å². The van der Waals surface area contributed by atoms with Gasteiger partial charge in [-0.15, -0.1) is 5.01 Å². The fourth-order valence-electron chi connectivity index (χ4n) is 3.49. The molecular formula is C22H20FN5O2. The molecule has 152 valence electrons. The number of hydrazone groups is 1. The van der Waals surface area contributed by atoms with Crippen molar-refractivity contribution in [2.75, 3.05) is 0 Å². The summed E-state index contributed by atoms with van der Waals surface area (Å²) in [5.74, 6) is -0.793. The molecule has 3 aromatic rings. The number of nitrogens with zero attached hydrogens (tertiary/aromatic N) is 4. The third kappa shape index (κ3) is 3.16. The van der Waals surface area contributed by atoms with Crippen LogP contribution >= 0.6 is 0 Å². The highest BCUT2D eigenvalue weighted by Gasteiger charge is 2.49. The Morgan fingerprint density at radius 1 is 1.07 bits per heavy atom. The van der Waals surface area contributed by atoms with E-state index in [2.05, 4.69) is 15.5 Å². The Bertz CT molecular complexity index is 1150. The van der Waals surface area contributed by atoms with Crippen LogP contribution in [0.3, 0.4) is 0 Å². The molecular weight excluding hydrogens is 385 g/mol. The van der Waals surface area contributed by atoms with Crippen molar-refractivity contribution in [3.8, 4) is 5.69 Å². The normalized spacial score (nSPS) is 19.0. The summed E-state index contributed by atoms with van der Waals surface area (Å²) in [6, 6.07) is 14.4. The van der Waals surface area contributed by atoms with E-state index in [4.69, 9.17) is 0 Å². The minimum atomic E-state index is -1.18. The molecule has 0 radical (unpaired) electrons. The van der Waals surface area contributed by atoms with Gasteiger partial charge in [0, 0.05) is 5.56 Å². The molecule has 2 heterocycles. The van der Waals surface area contributed by atoms with E-state index in [1.54, 1.807) is 42.8 Å². The van der Waals surface area contributed by atoms with E-state index in [1.165, 1.54) is 18.3 Å². The second kappa shape index (κ2) is 7.22. The van der Waals surface area contributed by atoms with Gasteiger partial charge < -0.3 is 5.32 Å². The second-order valence-electron chi connectivity index (χ2n) is 7.26. The average molecular weight is 405 g/mol. The van der Waals surface area contributed by atoms with Gasteiger partial charge in [0.15, 0.2) is 0 Å². The molecule has 0 bridgehead atoms. The zero-order valence-corrected chi connectivity index (χ0v) is 16.8. The number of amides is 3. The molecule has 1 aliphatic heterocycles. The number of urea groups is 1. The van der Waals surface area contributed by atoms with E-state index < -0.39 is 17.5 Å². The Hall–Kier alpha value is -3.81. The minimum absolute atomic E-state index is 0.331. The van der Waals surface area contributed by atoms with E-state index in [0.717, 1.165) is 10.7 Å². The summed E-state index contributed by atoms with van der Waals surface area (Å²) >= 11 is 0. The zero-order chi connectivity index (χ0) is 21.5. The Kier molecular flexibility index (Phi) is 4.69. The van der Waals surface area contributed by atoms with Crippen LogP contribution in [0.4, 0.5) is 9.18 Å². The highest BCUT2D eigenvalue weighted by Crippen LogP contribution is 2.29. The van der Waals surface area contributed by atoms with Gasteiger partial charge in [0.1, 0.15) is 11.4 Å². The Balaban J connectivity index is 1.64. The number of hydrogen-bond donors (Lipinski definition) is 1. The molecule has 1 atom stereocenters. The quantitative estimate of drug-likeness (QED) is 0.534. The number of aryl methyl sites for hydroxylation is 1. The van der Waals surface area contributed by atoms with Gasteiger partial charge in [0.2, 0.25) is 0 Å². The highest BCUT2D eigenvalue weighted by atomic mass is 19.1. The molecule has 2 aromatic carbocycles. The molecule has 1 N–H and O–H groups in total. The van der Waals surface area contributed by atoms with Crippen LogP contribution in [0.1, 0.15) is 29.4 Å². The highest BCUT2D eigenvalue weighted by molar-refractivity contribution is 6.07. The number of rotatable bonds is 4. The van der Waals surface area contributed by atoms with Crippen LogP contribution in [0.15, 0.2) is 59.7 Å². The first-order valence-electron chi connectivity index (χ1n) is 9.39. The van der Waals surface area contributed by atoms with E-state index >= 15 is 0 Å². The predicted octanol–water partition coefficient (Wildman–Crippen LogP) is 3.43. The summed E-state index contributed by atoms with van der Waals surface area (Å²) in [6.45, 7) is 5.29. The van der Waals surface area contributed by atoms with Crippen LogP contribution in [0, 0.1) is 19.7 Å². The van der Waals surface area contributed by atoms with Gasteiger partial charge >= 0.3 is 6.03 Å². The summed E-state index contributed by atoms with van der Waals surface area (Å²) in [5, 5.41) is 12.2. The summed E-state index contributed by atoms with van der Waals surface area (Å²) in [6.07, 6.45) is 1.45. The second-order valence-corrected chi connectivity index (χ2v) is 7.26. The minimum Gasteiger partial charge on any atom is -0.318 e. The van der Waals surface area contributed by atoms with Gasteiger partial charge in [-0.1, -0.05) is 30.3 Å². The number of imide groups is 1. The number of halogens is 1. The maximum absolute atomic E-state index is 13.2. The third-order valence-corrected chi connectivity index (χ3v) is 5.24. The van der Waals surface area contributed by atoms with Crippen LogP contribution in [-0.4, -0.2) is 32.9 Å². The van der Waals surface area contributed by atoms with Gasteiger partial charge in [-0.2, -0.15) is 10.2 Å². The van der Waals surface area contributed by atoms with Crippen molar-refractivity contribution in [2.45, 2.75) is 26.3 Å². The third-order valence-electron chi connectivity index (χ3n) is 5.24. The van der Waals surface area contributed by atoms with Crippen molar-refractivity contribution < 1.29 is 14.0 Å². The molecule has 1 aromatic heterocycles. The van der Waals surface area contributed by atoms with Crippen LogP contribution in [0.25, 0.3) is 5.69 Å². The lowest BCUT2D eigenvalue weighted by atomic mass is 9.92. The number of nitrogens with one attached hydrogen (secondary N) is 1. The molecule has 3 amide bonds. The van der Waals surface area contributed by atoms with Crippen molar-refractivity contribution in [2.24, 2.45) is 5.10 Å². The van der Waals surface area contributed by atoms with Crippen LogP contribution < -0.4 is 5.32 Å². The Labute approximate surface area is 172 Å². The number of carbonyl (C=O) groups is 2. The number of hydrogen-bond acceptors (Lipinski definition) is 4. The molecule has 30 heavy (non-hydrogen) atoms. The molecule has 1 saturated heterocycles. The standard InChI is InChI=1S/C22H20FN5O2/c1-14-19(15(2)27(26-14)18-11-9-17(23)10-12-18)13-24-28-20(29)22(3,25-21(28)30)16-7-5-4-6-8-16/h4-13H,1-3H3,(H,25,30)/b24-13-/t22-/m1/s1. The largest absolute Gasteiger partial charge is 0.346 e. The smallest absolute Gasteiger partial charge is 0.318 e. The molecule has 0 spiro atoms. The lowest BCUT2D eigenvalue weighted by molar-refractivity contribution is -0.131. The van der Waals surface area contributed by atoms with Crippen molar-refractivity contribution in [3.05, 3.63) is 82.9 Å². The monoisotopic (exact) mass is 405 g/mol. The summed E-state index contributed by atoms with van der Waals surface area (Å²) in [7, 11) is 0. The lowest BCUT2D eigenvalue weighted by Gasteiger charge is -2.20. The Morgan fingerprint density at radius 2 is 1.73 bits per heavy atom. The molecule has 0 unspecified atom stereocenters. The van der Waals surface area contributed by atoms with Gasteiger partial charge in [-0.05, 0) is 50.6 Å². The van der Waals surface area contributed by atoms with Gasteiger partial charge in [0.25, 0.3) is 5.91 Å². The topological polar surface area (TPSA) is 79.6 Å². The van der Waals surface area contributed by atoms with E-state index in [-0.39, 0.29) is 5.82 Å². The number of benzene rings is 2. The van der Waals surface area contributed by atoms with E-state index in [1.807, 2.05) is 25.1 Å². The molecule has 8 heteroatoms. The average Bonchev–Trinajstić information content (AvgIpc) is 3.14. The zero-order valence-electron chi connectivity index (χ0n) is 16.8. The van der Waals surface area contributed by atoms with Gasteiger partial charge in [-0.25, -0.2) is 13.9 Å². The summed E-state index contributed by atoms with van der Waals surface area (Å²) in [4.78, 5) is 25.4. The SMILES string of the molecule is Cc1nn(-c2ccc(F)cc2)c(C)c1/C=N\N1C(=O)N[C@](C)(c2ccccc2)C1=O. The first kappa shape index (κ1) is 19.5. The molecule has 7 nitrogen and oxygen atoms in total. The maximum atomic E-state index is 13.2. The molecule has 1 fully saturated rings. The predicted molar refractivity (Wildman–Crippen MR) is 110 cm³/mol. The van der Waals surface area contributed by atoms with Crippen molar-refractivity contribution >= 4 is 18.2 Å². The summed E-state index contributed by atoms with van der Waals surface area (Å²) in [5.41, 5.74) is 2.28. The molecule has 0 saturated carbocycles. The lowest BCUT2D eigenvalue weighted by Crippen LogP contribution is -2.40. The first-order valence-corrected chi connectivity index (χ1v) is 9.39. The molecule has 4 rings (SSSR count). The number of aromatic nitrogens is 2. The van der Waals surface area contributed by atoms with Crippen molar-refractivity contribution in [1.29, 1.82) is 0 Å². The van der Waals surface area contributed by atoms with Gasteiger partial charge in [-0.3, -0.25) is 4.79 Å². The van der Waals surface area contributed by atoms with Crippen LogP contribution in [-0.2, 0) is 10.3 Å². The maximum Gasteiger partial charge on any atom is 0.346 e. The molecule has 1 aliphatic rings. The number of carbonyl (C=O) groups excluding carboxylic acids is 2. The first-order chi connectivity index (χ1) is 14.3.